The normalized spacial score (nSPS) is 14.5. The minimum atomic E-state index is -4.95. The molecule has 0 radical (unpaired) electrons. The van der Waals surface area contributed by atoms with Crippen molar-refractivity contribution in [3.8, 4) is 0 Å². The molecule has 88 heavy (non-hydrogen) atoms. The number of phosphoric ester groups is 2. The highest BCUT2D eigenvalue weighted by atomic mass is 31.2. The minimum absolute atomic E-state index is 0.102. The molecule has 3 unspecified atom stereocenters. The van der Waals surface area contributed by atoms with Crippen LogP contribution in [0.1, 0.15) is 344 Å². The minimum Gasteiger partial charge on any atom is -0.462 e. The average Bonchev–Trinajstić information content (AvgIpc) is 3.45. The highest BCUT2D eigenvalue weighted by molar-refractivity contribution is 7.47. The first kappa shape index (κ1) is 86.1. The Labute approximate surface area is 537 Å². The van der Waals surface area contributed by atoms with E-state index in [9.17, 15) is 43.2 Å². The lowest BCUT2D eigenvalue weighted by molar-refractivity contribution is -0.161. The average molecular weight is 1300 g/mol. The van der Waals surface area contributed by atoms with E-state index < -0.39 is 97.5 Å². The van der Waals surface area contributed by atoms with Gasteiger partial charge in [0.25, 0.3) is 0 Å². The summed E-state index contributed by atoms with van der Waals surface area (Å²) in [6.07, 6.45) is 43.3. The first-order chi connectivity index (χ1) is 42.3. The first-order valence-electron chi connectivity index (χ1n) is 35.9. The number of rotatable bonds is 67. The standard InChI is InChI=1S/C69H134O17P2/c1-8-10-11-12-13-14-15-16-17-18-19-20-21-24-28-38-45-52-68(73)85-64(56-79-66(71)50-43-36-27-25-22-23-26-33-40-47-60(3)4)58-83-87(75,76)81-54-63(70)55-82-88(77,78)84-59-65(57-80-67(72)51-44-37-31-29-34-41-48-61(5)6)86-69(74)53-46-39-32-30-35-42-49-62(7)9-2/h60-65,70H,8-59H2,1-7H3,(H,75,76)(H,77,78)/t62?,63-,64-,65-/m1/s1. The lowest BCUT2D eigenvalue weighted by Gasteiger charge is -2.21. The molecule has 0 saturated heterocycles. The van der Waals surface area contributed by atoms with Crippen molar-refractivity contribution in [3.05, 3.63) is 0 Å². The van der Waals surface area contributed by atoms with E-state index in [-0.39, 0.29) is 25.7 Å². The molecular weight excluding hydrogens is 1160 g/mol. The number of ether oxygens (including phenoxy) is 4. The van der Waals surface area contributed by atoms with E-state index in [0.29, 0.717) is 31.6 Å². The van der Waals surface area contributed by atoms with Gasteiger partial charge < -0.3 is 33.8 Å². The zero-order valence-electron chi connectivity index (χ0n) is 57.2. The summed E-state index contributed by atoms with van der Waals surface area (Å²) < 4.78 is 68.2. The van der Waals surface area contributed by atoms with Gasteiger partial charge in [0.2, 0.25) is 0 Å². The van der Waals surface area contributed by atoms with E-state index in [4.69, 9.17) is 37.0 Å². The molecule has 0 spiro atoms. The lowest BCUT2D eigenvalue weighted by Crippen LogP contribution is -2.30. The van der Waals surface area contributed by atoms with Gasteiger partial charge in [0.1, 0.15) is 19.3 Å². The van der Waals surface area contributed by atoms with Crippen molar-refractivity contribution in [2.24, 2.45) is 17.8 Å². The SMILES string of the molecule is CCCCCCCCCCCCCCCCCCCC(=O)O[C@H](COC(=O)CCCCCCCCCCCC(C)C)COP(=O)(O)OC[C@@H](O)COP(=O)(O)OC[C@@H](COC(=O)CCCCCCCCC(C)C)OC(=O)CCCCCCCCC(C)CC. The van der Waals surface area contributed by atoms with Gasteiger partial charge in [-0.25, -0.2) is 9.13 Å². The fraction of sp³-hybridized carbons (Fsp3) is 0.942. The quantitative estimate of drug-likeness (QED) is 0.0222. The topological polar surface area (TPSA) is 237 Å². The van der Waals surface area contributed by atoms with Crippen LogP contribution in [0.25, 0.3) is 0 Å². The molecule has 0 aliphatic heterocycles. The highest BCUT2D eigenvalue weighted by Crippen LogP contribution is 2.45. The van der Waals surface area contributed by atoms with Crippen LogP contribution < -0.4 is 0 Å². The number of aliphatic hydroxyl groups is 1. The molecule has 0 aliphatic carbocycles. The fourth-order valence-corrected chi connectivity index (χ4v) is 11.9. The maximum absolute atomic E-state index is 13.0. The van der Waals surface area contributed by atoms with Gasteiger partial charge in [0.15, 0.2) is 12.2 Å². The smallest absolute Gasteiger partial charge is 0.462 e. The zero-order chi connectivity index (χ0) is 65.2. The number of unbranched alkanes of at least 4 members (excludes halogenated alkanes) is 34. The number of phosphoric acid groups is 2. The second kappa shape index (κ2) is 60.0. The molecule has 3 N–H and O–H groups in total. The summed E-state index contributed by atoms with van der Waals surface area (Å²) in [5, 5.41) is 10.6. The summed E-state index contributed by atoms with van der Waals surface area (Å²) in [5.41, 5.74) is 0. The summed E-state index contributed by atoms with van der Waals surface area (Å²) in [4.78, 5) is 72.4. The Morgan fingerprint density at radius 2 is 0.580 bits per heavy atom. The monoisotopic (exact) mass is 1300 g/mol. The largest absolute Gasteiger partial charge is 0.472 e. The Morgan fingerprint density at radius 3 is 0.864 bits per heavy atom. The number of carbonyl (C=O) groups excluding carboxylic acids is 4. The summed E-state index contributed by atoms with van der Waals surface area (Å²) in [6.45, 7) is 11.7. The van der Waals surface area contributed by atoms with Gasteiger partial charge in [0, 0.05) is 25.7 Å². The Kier molecular flexibility index (Phi) is 58.7. The van der Waals surface area contributed by atoms with Crippen molar-refractivity contribution in [2.45, 2.75) is 362 Å². The summed E-state index contributed by atoms with van der Waals surface area (Å²) in [5.74, 6) is 0.0107. The predicted molar refractivity (Wildman–Crippen MR) is 354 cm³/mol. The van der Waals surface area contributed by atoms with Crippen molar-refractivity contribution in [1.29, 1.82) is 0 Å². The molecule has 0 heterocycles. The molecule has 0 bridgehead atoms. The van der Waals surface area contributed by atoms with Crippen LogP contribution >= 0.6 is 15.6 Å². The molecule has 0 saturated carbocycles. The van der Waals surface area contributed by atoms with E-state index in [1.807, 2.05) is 0 Å². The van der Waals surface area contributed by atoms with Gasteiger partial charge in [-0.1, -0.05) is 292 Å². The Balaban J connectivity index is 5.23. The lowest BCUT2D eigenvalue weighted by atomic mass is 10.00. The van der Waals surface area contributed by atoms with Crippen molar-refractivity contribution in [1.82, 2.24) is 0 Å². The Bertz CT molecular complexity index is 1730. The molecule has 17 nitrogen and oxygen atoms in total. The summed E-state index contributed by atoms with van der Waals surface area (Å²) in [7, 11) is -9.90. The Morgan fingerprint density at radius 1 is 0.330 bits per heavy atom. The zero-order valence-corrected chi connectivity index (χ0v) is 59.0. The number of hydrogen-bond donors (Lipinski definition) is 3. The summed E-state index contributed by atoms with van der Waals surface area (Å²) in [6, 6.07) is 0. The molecule has 0 aromatic carbocycles. The molecule has 0 amide bonds. The third-order valence-corrected chi connectivity index (χ3v) is 18.1. The van der Waals surface area contributed by atoms with Gasteiger partial charge in [-0.2, -0.15) is 0 Å². The number of hydrogen-bond acceptors (Lipinski definition) is 15. The van der Waals surface area contributed by atoms with Crippen LogP contribution in [0.2, 0.25) is 0 Å². The molecule has 0 rings (SSSR count). The molecule has 6 atom stereocenters. The van der Waals surface area contributed by atoms with E-state index >= 15 is 0 Å². The van der Waals surface area contributed by atoms with Crippen LogP contribution in [-0.2, 0) is 65.4 Å². The maximum atomic E-state index is 13.0. The number of esters is 4. The third-order valence-electron chi connectivity index (χ3n) is 16.2. The molecule has 0 aromatic heterocycles. The molecule has 0 fully saturated rings. The number of aliphatic hydroxyl groups excluding tert-OH is 1. The van der Waals surface area contributed by atoms with Crippen molar-refractivity contribution in [3.63, 3.8) is 0 Å². The molecule has 522 valence electrons. The number of carbonyl (C=O) groups is 4. The van der Waals surface area contributed by atoms with E-state index in [1.54, 1.807) is 0 Å². The van der Waals surface area contributed by atoms with Crippen LogP contribution in [0, 0.1) is 17.8 Å². The molecule has 0 aliphatic rings. The van der Waals surface area contributed by atoms with Gasteiger partial charge in [-0.3, -0.25) is 37.3 Å². The van der Waals surface area contributed by atoms with Crippen molar-refractivity contribution >= 4 is 39.5 Å². The Hall–Kier alpha value is -1.94. The predicted octanol–water partition coefficient (Wildman–Crippen LogP) is 19.5. The maximum Gasteiger partial charge on any atom is 0.472 e. The van der Waals surface area contributed by atoms with Crippen molar-refractivity contribution < 1.29 is 80.2 Å². The highest BCUT2D eigenvalue weighted by Gasteiger charge is 2.30. The van der Waals surface area contributed by atoms with Crippen LogP contribution in [0.3, 0.4) is 0 Å². The molecule has 19 heteroatoms. The third kappa shape index (κ3) is 61.6. The summed E-state index contributed by atoms with van der Waals surface area (Å²) >= 11 is 0. The van der Waals surface area contributed by atoms with Gasteiger partial charge in [0.05, 0.1) is 26.4 Å². The van der Waals surface area contributed by atoms with Gasteiger partial charge >= 0.3 is 39.5 Å². The van der Waals surface area contributed by atoms with Crippen LogP contribution in [0.15, 0.2) is 0 Å². The molecule has 0 aromatic rings. The van der Waals surface area contributed by atoms with Crippen molar-refractivity contribution in [2.75, 3.05) is 39.6 Å². The van der Waals surface area contributed by atoms with E-state index in [1.165, 1.54) is 148 Å². The molecular formula is C69H134O17P2. The van der Waals surface area contributed by atoms with Crippen LogP contribution in [-0.4, -0.2) is 96.7 Å². The first-order valence-corrected chi connectivity index (χ1v) is 38.9. The van der Waals surface area contributed by atoms with E-state index in [0.717, 1.165) is 108 Å². The van der Waals surface area contributed by atoms with Crippen LogP contribution in [0.5, 0.6) is 0 Å². The van der Waals surface area contributed by atoms with Gasteiger partial charge in [-0.05, 0) is 43.4 Å². The van der Waals surface area contributed by atoms with Gasteiger partial charge in [-0.15, -0.1) is 0 Å². The second-order valence-corrected chi connectivity index (χ2v) is 29.0. The second-order valence-electron chi connectivity index (χ2n) is 26.1. The van der Waals surface area contributed by atoms with E-state index in [2.05, 4.69) is 48.5 Å². The fourth-order valence-electron chi connectivity index (χ4n) is 10.3. The van der Waals surface area contributed by atoms with Crippen LogP contribution in [0.4, 0.5) is 0 Å².